The number of rotatable bonds is 5. The maximum Gasteiger partial charge on any atom is 0.416 e. The molecule has 0 aromatic heterocycles. The Labute approximate surface area is 206 Å². The minimum Gasteiger partial charge on any atom is -0.387 e. The summed E-state index contributed by atoms with van der Waals surface area (Å²) >= 11 is 11.6. The molecule has 12 heteroatoms. The first-order valence-electron chi connectivity index (χ1n) is 10.7. The van der Waals surface area contributed by atoms with Crippen LogP contribution in [0.15, 0.2) is 35.3 Å². The van der Waals surface area contributed by atoms with Gasteiger partial charge in [-0.3, -0.25) is 4.99 Å². The molecule has 0 bridgehead atoms. The summed E-state index contributed by atoms with van der Waals surface area (Å²) in [5, 5.41) is -0.743. The van der Waals surface area contributed by atoms with Crippen LogP contribution >= 0.6 is 23.2 Å². The summed E-state index contributed by atoms with van der Waals surface area (Å²) in [6.07, 6.45) is -8.58. The average molecular weight is 542 g/mol. The Kier molecular flexibility index (Phi) is 6.68. The van der Waals surface area contributed by atoms with Crippen LogP contribution in [0.1, 0.15) is 36.0 Å². The Hall–Kier alpha value is -2.20. The van der Waals surface area contributed by atoms with Crippen LogP contribution in [0.2, 0.25) is 10.0 Å². The maximum absolute atomic E-state index is 14.7. The number of amidine groups is 1. The largest absolute Gasteiger partial charge is 0.416 e. The van der Waals surface area contributed by atoms with E-state index in [1.165, 1.54) is 12.1 Å². The molecule has 0 radical (unpaired) electrons. The van der Waals surface area contributed by atoms with Crippen molar-refractivity contribution in [2.45, 2.75) is 43.6 Å². The fourth-order valence-corrected chi connectivity index (χ4v) is 4.88. The number of benzene rings is 2. The Bertz CT molecular complexity index is 1160. The van der Waals surface area contributed by atoms with Crippen molar-refractivity contribution in [1.29, 1.82) is 0 Å². The molecule has 2 fully saturated rings. The Balaban J connectivity index is 1.70. The Morgan fingerprint density at radius 2 is 1.77 bits per heavy atom. The SMILES string of the molecule is NC(=NCc1ccc(N2CCC(c3cc(Cl)cc(Cl)c3F)(C(F)(F)F)C2)cc1C(F)(F)F)C1CC1. The summed E-state index contributed by atoms with van der Waals surface area (Å²) in [6.45, 7) is -1.35. The van der Waals surface area contributed by atoms with Crippen LogP contribution in [0.5, 0.6) is 0 Å². The van der Waals surface area contributed by atoms with Crippen molar-refractivity contribution in [3.63, 3.8) is 0 Å². The fraction of sp³-hybridized carbons (Fsp3) is 0.435. The number of alkyl halides is 6. The first-order valence-corrected chi connectivity index (χ1v) is 11.4. The smallest absolute Gasteiger partial charge is 0.387 e. The lowest BCUT2D eigenvalue weighted by Crippen LogP contribution is -2.45. The normalized spacial score (nSPS) is 21.6. The third-order valence-corrected chi connectivity index (χ3v) is 7.01. The molecule has 3 nitrogen and oxygen atoms in total. The molecule has 0 spiro atoms. The van der Waals surface area contributed by atoms with E-state index in [0.717, 1.165) is 35.9 Å². The van der Waals surface area contributed by atoms with Crippen molar-refractivity contribution in [3.05, 3.63) is 62.9 Å². The molecule has 2 N–H and O–H groups in total. The predicted octanol–water partition coefficient (Wildman–Crippen LogP) is 7.13. The Morgan fingerprint density at radius 3 is 2.37 bits per heavy atom. The van der Waals surface area contributed by atoms with Gasteiger partial charge in [0, 0.05) is 35.3 Å². The van der Waals surface area contributed by atoms with Gasteiger partial charge in [-0.05, 0) is 49.1 Å². The third-order valence-electron chi connectivity index (χ3n) is 6.51. The molecular formula is C23H20Cl2F7N3. The van der Waals surface area contributed by atoms with Gasteiger partial charge in [0.25, 0.3) is 0 Å². The van der Waals surface area contributed by atoms with Gasteiger partial charge in [0.15, 0.2) is 0 Å². The van der Waals surface area contributed by atoms with Crippen molar-refractivity contribution in [1.82, 2.24) is 0 Å². The molecule has 2 aromatic rings. The summed E-state index contributed by atoms with van der Waals surface area (Å²) in [4.78, 5) is 5.20. The lowest BCUT2D eigenvalue weighted by Gasteiger charge is -2.33. The van der Waals surface area contributed by atoms with Crippen molar-refractivity contribution in [2.75, 3.05) is 18.0 Å². The predicted molar refractivity (Wildman–Crippen MR) is 120 cm³/mol. The first kappa shape index (κ1) is 25.9. The summed E-state index contributed by atoms with van der Waals surface area (Å²) < 4.78 is 99.1. The molecule has 1 aliphatic heterocycles. The van der Waals surface area contributed by atoms with Gasteiger partial charge in [-0.15, -0.1) is 0 Å². The number of hydrogen-bond donors (Lipinski definition) is 1. The zero-order valence-electron chi connectivity index (χ0n) is 18.1. The van der Waals surface area contributed by atoms with Crippen LogP contribution in [0.25, 0.3) is 0 Å². The second kappa shape index (κ2) is 9.03. The Morgan fingerprint density at radius 1 is 1.09 bits per heavy atom. The van der Waals surface area contributed by atoms with Gasteiger partial charge >= 0.3 is 12.4 Å². The van der Waals surface area contributed by atoms with Crippen LogP contribution in [0.3, 0.4) is 0 Å². The van der Waals surface area contributed by atoms with Crippen molar-refractivity contribution >= 4 is 34.7 Å². The van der Waals surface area contributed by atoms with Gasteiger partial charge < -0.3 is 10.6 Å². The molecule has 4 rings (SSSR count). The van der Waals surface area contributed by atoms with Crippen LogP contribution in [-0.4, -0.2) is 25.1 Å². The molecular weight excluding hydrogens is 522 g/mol. The summed E-state index contributed by atoms with van der Waals surface area (Å²) in [6, 6.07) is 5.15. The van der Waals surface area contributed by atoms with E-state index in [4.69, 9.17) is 28.9 Å². The van der Waals surface area contributed by atoms with Crippen molar-refractivity contribution in [2.24, 2.45) is 16.6 Å². The average Bonchev–Trinajstić information content (AvgIpc) is 3.51. The molecule has 1 saturated carbocycles. The molecule has 190 valence electrons. The van der Waals surface area contributed by atoms with Crippen LogP contribution < -0.4 is 10.6 Å². The van der Waals surface area contributed by atoms with Crippen LogP contribution in [0.4, 0.5) is 36.4 Å². The second-order valence-electron chi connectivity index (χ2n) is 8.86. The van der Waals surface area contributed by atoms with E-state index in [9.17, 15) is 30.7 Å². The summed E-state index contributed by atoms with van der Waals surface area (Å²) in [7, 11) is 0. The number of hydrogen-bond acceptors (Lipinski definition) is 2. The molecule has 1 unspecified atom stereocenters. The highest BCUT2D eigenvalue weighted by Crippen LogP contribution is 2.51. The lowest BCUT2D eigenvalue weighted by atomic mass is 9.78. The highest BCUT2D eigenvalue weighted by molar-refractivity contribution is 6.34. The first-order chi connectivity index (χ1) is 16.2. The van der Waals surface area contributed by atoms with E-state index in [2.05, 4.69) is 4.99 Å². The molecule has 0 amide bonds. The van der Waals surface area contributed by atoms with Gasteiger partial charge in [0.05, 0.1) is 23.0 Å². The summed E-state index contributed by atoms with van der Waals surface area (Å²) in [5.41, 5.74) is 1.12. The van der Waals surface area contributed by atoms with E-state index >= 15 is 0 Å². The van der Waals surface area contributed by atoms with Crippen molar-refractivity contribution < 1.29 is 30.7 Å². The van der Waals surface area contributed by atoms with Crippen LogP contribution in [-0.2, 0) is 18.1 Å². The quantitative estimate of drug-likeness (QED) is 0.189. The highest BCUT2D eigenvalue weighted by Gasteiger charge is 2.60. The van der Waals surface area contributed by atoms with Crippen LogP contribution in [0, 0.1) is 11.7 Å². The van der Waals surface area contributed by atoms with E-state index in [-0.39, 0.29) is 35.3 Å². The third kappa shape index (κ3) is 5.05. The van der Waals surface area contributed by atoms with Gasteiger partial charge in [-0.1, -0.05) is 29.3 Å². The summed E-state index contributed by atoms with van der Waals surface area (Å²) in [5.74, 6) is -0.879. The van der Waals surface area contributed by atoms with Gasteiger partial charge in [0.1, 0.15) is 11.2 Å². The van der Waals surface area contributed by atoms with Gasteiger partial charge in [-0.2, -0.15) is 26.3 Å². The van der Waals surface area contributed by atoms with E-state index < -0.39 is 52.7 Å². The fourth-order valence-electron chi connectivity index (χ4n) is 4.39. The number of anilines is 1. The maximum atomic E-state index is 14.7. The minimum atomic E-state index is -4.92. The second-order valence-corrected chi connectivity index (χ2v) is 9.70. The molecule has 2 aliphatic rings. The topological polar surface area (TPSA) is 41.6 Å². The molecule has 1 aliphatic carbocycles. The van der Waals surface area contributed by atoms with Gasteiger partial charge in [-0.25, -0.2) is 4.39 Å². The molecule has 1 atom stereocenters. The number of halogens is 9. The van der Waals surface area contributed by atoms with E-state index in [1.807, 2.05) is 0 Å². The van der Waals surface area contributed by atoms with E-state index in [0.29, 0.717) is 5.84 Å². The standard InChI is InChI=1S/C23H20Cl2F7N3/c24-14-7-17(19(26)18(25)8-14)21(23(30,31)32)5-6-35(11-21)15-4-3-13(16(9-15)22(27,28)29)10-34-20(33)12-1-2-12/h3-4,7-9,12H,1-2,5-6,10-11H2,(H2,33,34). The molecule has 35 heavy (non-hydrogen) atoms. The van der Waals surface area contributed by atoms with Gasteiger partial charge in [0.2, 0.25) is 0 Å². The minimum absolute atomic E-state index is 0.0696. The zero-order chi connectivity index (χ0) is 25.8. The number of nitrogens with two attached hydrogens (primary N) is 1. The molecule has 1 heterocycles. The van der Waals surface area contributed by atoms with E-state index in [1.54, 1.807) is 0 Å². The highest BCUT2D eigenvalue weighted by atomic mass is 35.5. The van der Waals surface area contributed by atoms with Crippen molar-refractivity contribution in [3.8, 4) is 0 Å². The lowest BCUT2D eigenvalue weighted by molar-refractivity contribution is -0.185. The molecule has 2 aromatic carbocycles. The monoisotopic (exact) mass is 541 g/mol. The molecule has 1 saturated heterocycles. The number of aliphatic imine (C=N–C) groups is 1. The zero-order valence-corrected chi connectivity index (χ0v) is 19.6. The number of nitrogens with zero attached hydrogens (tertiary/aromatic N) is 2.